The maximum Gasteiger partial charge on any atom is 0.412 e. The van der Waals surface area contributed by atoms with E-state index in [0.29, 0.717) is 34.0 Å². The molecule has 30 heavy (non-hydrogen) atoms. The Balaban J connectivity index is 1.61. The van der Waals surface area contributed by atoms with Gasteiger partial charge in [-0.25, -0.2) is 9.78 Å². The molecule has 1 fully saturated rings. The molecule has 0 spiro atoms. The van der Waals surface area contributed by atoms with Gasteiger partial charge in [0.1, 0.15) is 17.8 Å². The fourth-order valence-electron chi connectivity index (χ4n) is 3.53. The van der Waals surface area contributed by atoms with Gasteiger partial charge in [-0.2, -0.15) is 4.09 Å². The maximum atomic E-state index is 13.0. The molecule has 0 bridgehead atoms. The number of carbonyl (C=O) groups excluding carboxylic acids is 1. The highest BCUT2D eigenvalue weighted by Gasteiger charge is 2.19. The van der Waals surface area contributed by atoms with E-state index in [-0.39, 0.29) is 18.4 Å². The SMILES string of the molecule is COc1ccc(OC(=O)NC2CCCC2)cc1-c1cncc(-c2ncnn2SF)c1. The van der Waals surface area contributed by atoms with Crippen LogP contribution in [0.1, 0.15) is 25.7 Å². The molecule has 1 N–H and O–H groups in total. The monoisotopic (exact) mass is 429 g/mol. The molecule has 0 atom stereocenters. The summed E-state index contributed by atoms with van der Waals surface area (Å²) in [6.45, 7) is 0. The van der Waals surface area contributed by atoms with E-state index in [9.17, 15) is 8.68 Å². The number of halogens is 1. The molecule has 0 saturated heterocycles. The minimum atomic E-state index is -0.474. The summed E-state index contributed by atoms with van der Waals surface area (Å²) >= 11 is -0.0455. The molecular formula is C20H20FN5O3S. The molecule has 4 rings (SSSR count). The van der Waals surface area contributed by atoms with Crippen molar-refractivity contribution in [1.29, 1.82) is 0 Å². The number of hydrogen-bond donors (Lipinski definition) is 1. The number of benzene rings is 1. The Bertz CT molecular complexity index is 1040. The van der Waals surface area contributed by atoms with Gasteiger partial charge < -0.3 is 14.8 Å². The van der Waals surface area contributed by atoms with Crippen LogP contribution in [0.15, 0.2) is 43.0 Å². The standard InChI is InChI=1S/C20H20FN5O3S/c1-28-18-7-6-16(29-20(27)25-15-4-2-3-5-15)9-17(18)13-8-14(11-22-10-13)19-23-12-24-26(19)30-21/h6-12,15H,2-5H2,1H3,(H,25,27). The van der Waals surface area contributed by atoms with E-state index in [1.807, 2.05) is 0 Å². The van der Waals surface area contributed by atoms with Crippen LogP contribution in [0.2, 0.25) is 0 Å². The normalized spacial score (nSPS) is 13.9. The van der Waals surface area contributed by atoms with Gasteiger partial charge in [0.2, 0.25) is 0 Å². The Hall–Kier alpha value is -3.14. The minimum Gasteiger partial charge on any atom is -0.496 e. The second-order valence-electron chi connectivity index (χ2n) is 6.87. The first-order valence-corrected chi connectivity index (χ1v) is 10.2. The first kappa shape index (κ1) is 20.1. The van der Waals surface area contributed by atoms with Gasteiger partial charge in [-0.05, 0) is 37.1 Å². The second kappa shape index (κ2) is 9.12. The summed E-state index contributed by atoms with van der Waals surface area (Å²) < 4.78 is 25.0. The number of methoxy groups -OCH3 is 1. The molecule has 2 aromatic heterocycles. The van der Waals surface area contributed by atoms with Crippen molar-refractivity contribution in [3.05, 3.63) is 43.0 Å². The van der Waals surface area contributed by atoms with Crippen LogP contribution < -0.4 is 14.8 Å². The van der Waals surface area contributed by atoms with Gasteiger partial charge >= 0.3 is 6.09 Å². The first-order valence-electron chi connectivity index (χ1n) is 9.49. The number of hydrogen-bond acceptors (Lipinski definition) is 7. The molecule has 1 aromatic carbocycles. The van der Waals surface area contributed by atoms with Crippen LogP contribution >= 0.6 is 12.3 Å². The Morgan fingerprint density at radius 1 is 1.23 bits per heavy atom. The average molecular weight is 429 g/mol. The molecule has 3 aromatic rings. The van der Waals surface area contributed by atoms with Gasteiger partial charge in [0.15, 0.2) is 18.2 Å². The Morgan fingerprint density at radius 2 is 2.03 bits per heavy atom. The number of carbonyl (C=O) groups is 1. The molecule has 2 heterocycles. The third kappa shape index (κ3) is 4.38. The van der Waals surface area contributed by atoms with Crippen molar-refractivity contribution in [2.75, 3.05) is 7.11 Å². The van der Waals surface area contributed by atoms with Crippen LogP contribution in [0.5, 0.6) is 11.5 Å². The molecular weight excluding hydrogens is 409 g/mol. The topological polar surface area (TPSA) is 91.2 Å². The molecule has 0 aliphatic heterocycles. The zero-order chi connectivity index (χ0) is 20.9. The molecule has 1 saturated carbocycles. The average Bonchev–Trinajstić information content (AvgIpc) is 3.45. The lowest BCUT2D eigenvalue weighted by Gasteiger charge is -2.14. The number of nitrogens with one attached hydrogen (secondary N) is 1. The van der Waals surface area contributed by atoms with Gasteiger partial charge in [-0.1, -0.05) is 12.8 Å². The van der Waals surface area contributed by atoms with E-state index in [2.05, 4.69) is 20.4 Å². The highest BCUT2D eigenvalue weighted by atomic mass is 32.2. The number of nitrogens with zero attached hydrogens (tertiary/aromatic N) is 4. The number of pyridine rings is 1. The molecule has 0 radical (unpaired) electrons. The van der Waals surface area contributed by atoms with Crippen molar-refractivity contribution in [3.8, 4) is 34.0 Å². The highest BCUT2D eigenvalue weighted by Crippen LogP contribution is 2.35. The molecule has 156 valence electrons. The van der Waals surface area contributed by atoms with Crippen molar-refractivity contribution in [1.82, 2.24) is 24.5 Å². The molecule has 8 nitrogen and oxygen atoms in total. The largest absolute Gasteiger partial charge is 0.496 e. The molecule has 1 aliphatic rings. The van der Waals surface area contributed by atoms with Crippen LogP contribution in [0.25, 0.3) is 22.5 Å². The van der Waals surface area contributed by atoms with Crippen LogP contribution in [-0.2, 0) is 0 Å². The maximum absolute atomic E-state index is 13.0. The molecule has 10 heteroatoms. The second-order valence-corrected chi connectivity index (χ2v) is 7.35. The molecule has 0 unspecified atom stereocenters. The Morgan fingerprint density at radius 3 is 2.80 bits per heavy atom. The van der Waals surface area contributed by atoms with Gasteiger partial charge in [0.05, 0.1) is 7.11 Å². The lowest BCUT2D eigenvalue weighted by atomic mass is 10.0. The van der Waals surface area contributed by atoms with Gasteiger partial charge in [0.25, 0.3) is 0 Å². The van der Waals surface area contributed by atoms with Crippen LogP contribution in [0, 0.1) is 0 Å². The summed E-state index contributed by atoms with van der Waals surface area (Å²) in [6, 6.07) is 7.07. The lowest BCUT2D eigenvalue weighted by molar-refractivity contribution is 0.196. The quantitative estimate of drug-likeness (QED) is 0.620. The third-order valence-corrected chi connectivity index (χ3v) is 5.35. The number of amides is 1. The fraction of sp³-hybridized carbons (Fsp3) is 0.300. The Labute approximate surface area is 177 Å². The van der Waals surface area contributed by atoms with E-state index in [1.165, 1.54) is 6.33 Å². The van der Waals surface area contributed by atoms with Crippen LogP contribution in [0.4, 0.5) is 8.68 Å². The van der Waals surface area contributed by atoms with Crippen LogP contribution in [0.3, 0.4) is 0 Å². The van der Waals surface area contributed by atoms with E-state index in [1.54, 1.807) is 43.8 Å². The Kier molecular flexibility index (Phi) is 6.12. The summed E-state index contributed by atoms with van der Waals surface area (Å²) in [4.78, 5) is 20.5. The van der Waals surface area contributed by atoms with Gasteiger partial charge in [0, 0.05) is 35.1 Å². The highest BCUT2D eigenvalue weighted by molar-refractivity contribution is 7.92. The van der Waals surface area contributed by atoms with Crippen molar-refractivity contribution in [2.45, 2.75) is 31.7 Å². The lowest BCUT2D eigenvalue weighted by Crippen LogP contribution is -2.34. The van der Waals surface area contributed by atoms with E-state index in [4.69, 9.17) is 9.47 Å². The van der Waals surface area contributed by atoms with Crippen LogP contribution in [-0.4, -0.2) is 38.4 Å². The summed E-state index contributed by atoms with van der Waals surface area (Å²) in [5.74, 6) is 1.30. The van der Waals surface area contributed by atoms with Crippen molar-refractivity contribution in [2.24, 2.45) is 0 Å². The predicted octanol–water partition coefficient (Wildman–Crippen LogP) is 4.43. The minimum absolute atomic E-state index is 0.0455. The summed E-state index contributed by atoms with van der Waals surface area (Å²) in [5.41, 5.74) is 1.96. The van der Waals surface area contributed by atoms with Crippen molar-refractivity contribution < 1.29 is 18.2 Å². The number of ether oxygens (including phenoxy) is 2. The third-order valence-electron chi connectivity index (χ3n) is 4.95. The van der Waals surface area contributed by atoms with E-state index >= 15 is 0 Å². The predicted molar refractivity (Wildman–Crippen MR) is 111 cm³/mol. The first-order chi connectivity index (χ1) is 14.7. The van der Waals surface area contributed by atoms with E-state index in [0.717, 1.165) is 29.8 Å². The van der Waals surface area contributed by atoms with Crippen molar-refractivity contribution >= 4 is 18.4 Å². The number of rotatable bonds is 6. The van der Waals surface area contributed by atoms with Crippen molar-refractivity contribution in [3.63, 3.8) is 0 Å². The van der Waals surface area contributed by atoms with Gasteiger partial charge in [-0.15, -0.1) is 8.98 Å². The fourth-order valence-corrected chi connectivity index (χ4v) is 3.82. The summed E-state index contributed by atoms with van der Waals surface area (Å²) in [7, 11) is 1.56. The zero-order valence-electron chi connectivity index (χ0n) is 16.2. The smallest absolute Gasteiger partial charge is 0.412 e. The van der Waals surface area contributed by atoms with Gasteiger partial charge in [-0.3, -0.25) is 4.98 Å². The summed E-state index contributed by atoms with van der Waals surface area (Å²) in [6.07, 6.45) is 8.21. The number of aromatic nitrogens is 4. The zero-order valence-corrected chi connectivity index (χ0v) is 17.1. The molecule has 1 aliphatic carbocycles. The molecule has 1 amide bonds. The summed E-state index contributed by atoms with van der Waals surface area (Å²) in [5, 5.41) is 6.71. The van der Waals surface area contributed by atoms with E-state index < -0.39 is 6.09 Å².